The number of fused-ring (bicyclic) bond motifs is 5. The number of aromatic nitrogens is 2. The standard InChI is InChI=1S/C20H12N2O/c1-2-10-22-18(6-1)16-5-3-4-14-15-8-7-13-9-11-21-12-17(13)20(15)23-19(14)16/h1-12H. The predicted molar refractivity (Wildman–Crippen MR) is 92.3 cm³/mol. The van der Waals surface area contributed by atoms with E-state index in [1.807, 2.05) is 36.5 Å². The summed E-state index contributed by atoms with van der Waals surface area (Å²) >= 11 is 0. The Morgan fingerprint density at radius 2 is 1.65 bits per heavy atom. The van der Waals surface area contributed by atoms with Gasteiger partial charge in [-0.05, 0) is 35.7 Å². The third kappa shape index (κ3) is 1.77. The lowest BCUT2D eigenvalue weighted by molar-refractivity contribution is 0.673. The van der Waals surface area contributed by atoms with Crippen LogP contribution in [0.25, 0.3) is 44.0 Å². The minimum Gasteiger partial charge on any atom is -0.455 e. The summed E-state index contributed by atoms with van der Waals surface area (Å²) in [7, 11) is 0. The predicted octanol–water partition coefficient (Wildman–Crippen LogP) is 5.20. The molecular formula is C20H12N2O. The summed E-state index contributed by atoms with van der Waals surface area (Å²) in [4.78, 5) is 8.70. The molecule has 0 aliphatic carbocycles. The minimum atomic E-state index is 0.873. The summed E-state index contributed by atoms with van der Waals surface area (Å²) in [6.45, 7) is 0. The number of furan rings is 1. The normalized spacial score (nSPS) is 11.5. The molecule has 3 heteroatoms. The molecular weight excluding hydrogens is 284 g/mol. The summed E-state index contributed by atoms with van der Waals surface area (Å²) in [5, 5.41) is 4.38. The fourth-order valence-electron chi connectivity index (χ4n) is 3.14. The van der Waals surface area contributed by atoms with Crippen molar-refractivity contribution in [1.29, 1.82) is 0 Å². The van der Waals surface area contributed by atoms with Crippen molar-refractivity contribution in [3.63, 3.8) is 0 Å². The van der Waals surface area contributed by atoms with E-state index in [4.69, 9.17) is 4.42 Å². The first-order valence-electron chi connectivity index (χ1n) is 7.51. The summed E-state index contributed by atoms with van der Waals surface area (Å²) in [6.07, 6.45) is 5.47. The molecule has 0 unspecified atom stereocenters. The highest BCUT2D eigenvalue weighted by Crippen LogP contribution is 2.37. The monoisotopic (exact) mass is 296 g/mol. The molecule has 0 amide bonds. The van der Waals surface area contributed by atoms with Gasteiger partial charge in [0.1, 0.15) is 11.2 Å². The van der Waals surface area contributed by atoms with Gasteiger partial charge in [-0.1, -0.05) is 24.3 Å². The fraction of sp³-hybridized carbons (Fsp3) is 0. The van der Waals surface area contributed by atoms with Gasteiger partial charge in [0.15, 0.2) is 0 Å². The van der Waals surface area contributed by atoms with Gasteiger partial charge in [0.25, 0.3) is 0 Å². The topological polar surface area (TPSA) is 38.9 Å². The van der Waals surface area contributed by atoms with Crippen LogP contribution in [-0.4, -0.2) is 9.97 Å². The van der Waals surface area contributed by atoms with Gasteiger partial charge in [-0.25, -0.2) is 0 Å². The first-order valence-corrected chi connectivity index (χ1v) is 7.51. The van der Waals surface area contributed by atoms with Crippen LogP contribution in [0, 0.1) is 0 Å². The first-order chi connectivity index (χ1) is 11.4. The van der Waals surface area contributed by atoms with E-state index in [-0.39, 0.29) is 0 Å². The third-order valence-corrected chi connectivity index (χ3v) is 4.22. The number of hydrogen-bond donors (Lipinski definition) is 0. The number of rotatable bonds is 1. The average molecular weight is 296 g/mol. The highest BCUT2D eigenvalue weighted by atomic mass is 16.3. The van der Waals surface area contributed by atoms with E-state index in [9.17, 15) is 0 Å². The molecule has 5 aromatic rings. The molecule has 0 aliphatic rings. The van der Waals surface area contributed by atoms with Crippen molar-refractivity contribution in [2.75, 3.05) is 0 Å². The Morgan fingerprint density at radius 3 is 2.57 bits per heavy atom. The lowest BCUT2D eigenvalue weighted by atomic mass is 10.0. The number of benzene rings is 2. The Bertz CT molecular complexity index is 1160. The number of nitrogens with zero attached hydrogens (tertiary/aromatic N) is 2. The Morgan fingerprint density at radius 1 is 0.696 bits per heavy atom. The summed E-state index contributed by atoms with van der Waals surface area (Å²) in [5.41, 5.74) is 3.68. The smallest absolute Gasteiger partial charge is 0.144 e. The van der Waals surface area contributed by atoms with E-state index >= 15 is 0 Å². The maximum absolute atomic E-state index is 6.27. The first kappa shape index (κ1) is 12.4. The van der Waals surface area contributed by atoms with Gasteiger partial charge in [0, 0.05) is 40.3 Å². The Kier molecular flexibility index (Phi) is 2.50. The molecule has 0 spiro atoms. The fourth-order valence-corrected chi connectivity index (χ4v) is 3.14. The zero-order valence-electron chi connectivity index (χ0n) is 12.2. The van der Waals surface area contributed by atoms with Crippen LogP contribution in [0.3, 0.4) is 0 Å². The van der Waals surface area contributed by atoms with Gasteiger partial charge < -0.3 is 4.42 Å². The molecule has 0 saturated carbocycles. The van der Waals surface area contributed by atoms with Crippen molar-refractivity contribution in [2.45, 2.75) is 0 Å². The van der Waals surface area contributed by atoms with Gasteiger partial charge in [0.05, 0.1) is 5.69 Å². The summed E-state index contributed by atoms with van der Waals surface area (Å²) < 4.78 is 6.27. The molecule has 0 N–H and O–H groups in total. The molecule has 3 nitrogen and oxygen atoms in total. The molecule has 0 atom stereocenters. The van der Waals surface area contributed by atoms with Crippen molar-refractivity contribution in [3.05, 3.63) is 73.2 Å². The minimum absolute atomic E-state index is 0.873. The van der Waals surface area contributed by atoms with Crippen LogP contribution in [0.1, 0.15) is 0 Å². The molecule has 0 bridgehead atoms. The van der Waals surface area contributed by atoms with Crippen LogP contribution in [0.4, 0.5) is 0 Å². The molecule has 0 saturated heterocycles. The summed E-state index contributed by atoms with van der Waals surface area (Å²) in [6, 6.07) is 18.3. The number of pyridine rings is 2. The van der Waals surface area contributed by atoms with Crippen LogP contribution >= 0.6 is 0 Å². The lowest BCUT2D eigenvalue weighted by Gasteiger charge is -2.00. The highest BCUT2D eigenvalue weighted by Gasteiger charge is 2.14. The van der Waals surface area contributed by atoms with Gasteiger partial charge in [-0.3, -0.25) is 9.97 Å². The maximum Gasteiger partial charge on any atom is 0.144 e. The Labute approximate surface area is 132 Å². The third-order valence-electron chi connectivity index (χ3n) is 4.22. The van der Waals surface area contributed by atoms with Crippen LogP contribution < -0.4 is 0 Å². The molecule has 0 fully saturated rings. The van der Waals surface area contributed by atoms with Crippen LogP contribution in [0.5, 0.6) is 0 Å². The van der Waals surface area contributed by atoms with E-state index in [0.29, 0.717) is 0 Å². The molecule has 0 aliphatic heterocycles. The maximum atomic E-state index is 6.27. The average Bonchev–Trinajstić information content (AvgIpc) is 3.01. The Hall–Kier alpha value is -3.20. The molecule has 3 aromatic heterocycles. The SMILES string of the molecule is c1ccc(-c2cccc3c2oc2c4cnccc4ccc32)nc1. The van der Waals surface area contributed by atoms with Crippen LogP contribution in [-0.2, 0) is 0 Å². The van der Waals surface area contributed by atoms with E-state index in [1.54, 1.807) is 12.4 Å². The van der Waals surface area contributed by atoms with E-state index in [1.165, 1.54) is 0 Å². The number of hydrogen-bond acceptors (Lipinski definition) is 3. The molecule has 5 rings (SSSR count). The van der Waals surface area contributed by atoms with Crippen molar-refractivity contribution >= 4 is 32.7 Å². The summed E-state index contributed by atoms with van der Waals surface area (Å²) in [5.74, 6) is 0. The largest absolute Gasteiger partial charge is 0.455 e. The molecule has 108 valence electrons. The van der Waals surface area contributed by atoms with Crippen LogP contribution in [0.2, 0.25) is 0 Å². The van der Waals surface area contributed by atoms with Crippen molar-refractivity contribution in [1.82, 2.24) is 9.97 Å². The molecule has 2 aromatic carbocycles. The zero-order chi connectivity index (χ0) is 15.2. The molecule has 0 radical (unpaired) electrons. The zero-order valence-corrected chi connectivity index (χ0v) is 12.2. The second-order valence-electron chi connectivity index (χ2n) is 5.54. The lowest BCUT2D eigenvalue weighted by Crippen LogP contribution is -1.81. The second kappa shape index (κ2) is 4.65. The highest BCUT2D eigenvalue weighted by molar-refractivity contribution is 6.16. The quantitative estimate of drug-likeness (QED) is 0.427. The Balaban J connectivity index is 1.95. The van der Waals surface area contributed by atoms with Gasteiger partial charge >= 0.3 is 0 Å². The van der Waals surface area contributed by atoms with Gasteiger partial charge in [-0.15, -0.1) is 0 Å². The second-order valence-corrected chi connectivity index (χ2v) is 5.54. The van der Waals surface area contributed by atoms with E-state index < -0.39 is 0 Å². The molecule has 23 heavy (non-hydrogen) atoms. The van der Waals surface area contributed by atoms with Crippen molar-refractivity contribution in [3.8, 4) is 11.3 Å². The van der Waals surface area contributed by atoms with Gasteiger partial charge in [-0.2, -0.15) is 0 Å². The van der Waals surface area contributed by atoms with Gasteiger partial charge in [0.2, 0.25) is 0 Å². The van der Waals surface area contributed by atoms with Crippen molar-refractivity contribution in [2.24, 2.45) is 0 Å². The molecule has 3 heterocycles. The van der Waals surface area contributed by atoms with Crippen molar-refractivity contribution < 1.29 is 4.42 Å². The van der Waals surface area contributed by atoms with E-state index in [0.717, 1.165) is 44.0 Å². The van der Waals surface area contributed by atoms with E-state index in [2.05, 4.69) is 34.2 Å². The van der Waals surface area contributed by atoms with Crippen LogP contribution in [0.15, 0.2) is 77.6 Å². The number of para-hydroxylation sites is 1.